The standard InChI is InChI=1S/C45H28N4O/c1-4-12-29(13-5-1)30-20-22-32(23-21-30)44-46-43(31-14-6-2-7-15-31)47-45(48-44)33-24-27-40-38(28-33)37-26-25-36-35-18-10-11-19-39(35)49(41(36)42(37)50-40)34-16-8-3-9-17-34/h1-28H. The van der Waals surface area contributed by atoms with Gasteiger partial charge in [-0.1, -0.05) is 127 Å². The second kappa shape index (κ2) is 11.4. The zero-order valence-electron chi connectivity index (χ0n) is 26.9. The Labute approximate surface area is 287 Å². The molecule has 10 aromatic rings. The van der Waals surface area contributed by atoms with E-state index in [1.165, 1.54) is 10.9 Å². The summed E-state index contributed by atoms with van der Waals surface area (Å²) in [7, 11) is 0. The van der Waals surface area contributed by atoms with Gasteiger partial charge in [0.05, 0.1) is 11.0 Å². The zero-order chi connectivity index (χ0) is 33.0. The summed E-state index contributed by atoms with van der Waals surface area (Å²) in [6.45, 7) is 0. The van der Waals surface area contributed by atoms with Crippen LogP contribution in [0.1, 0.15) is 0 Å². The van der Waals surface area contributed by atoms with E-state index < -0.39 is 0 Å². The van der Waals surface area contributed by atoms with Crippen molar-refractivity contribution in [1.29, 1.82) is 0 Å². The molecular weight excluding hydrogens is 613 g/mol. The molecule has 5 nitrogen and oxygen atoms in total. The summed E-state index contributed by atoms with van der Waals surface area (Å²) in [5.41, 5.74) is 10.0. The topological polar surface area (TPSA) is 56.7 Å². The van der Waals surface area contributed by atoms with E-state index in [1.54, 1.807) is 0 Å². The molecule has 0 spiro atoms. The first-order chi connectivity index (χ1) is 24.8. The van der Waals surface area contributed by atoms with Crippen molar-refractivity contribution < 1.29 is 4.42 Å². The molecule has 0 aliphatic heterocycles. The third-order valence-corrected chi connectivity index (χ3v) is 9.46. The Morgan fingerprint density at radius 3 is 1.62 bits per heavy atom. The van der Waals surface area contributed by atoms with E-state index in [1.807, 2.05) is 54.6 Å². The van der Waals surface area contributed by atoms with Gasteiger partial charge in [0.15, 0.2) is 23.1 Å². The minimum Gasteiger partial charge on any atom is -0.454 e. The van der Waals surface area contributed by atoms with Crippen molar-refractivity contribution in [2.45, 2.75) is 0 Å². The molecule has 0 aliphatic rings. The maximum atomic E-state index is 6.71. The molecule has 0 atom stereocenters. The van der Waals surface area contributed by atoms with Crippen LogP contribution in [0.25, 0.3) is 94.7 Å². The highest BCUT2D eigenvalue weighted by atomic mass is 16.3. The summed E-state index contributed by atoms with van der Waals surface area (Å²) >= 11 is 0. The molecule has 0 bridgehead atoms. The lowest BCUT2D eigenvalue weighted by Crippen LogP contribution is -2.00. The zero-order valence-corrected chi connectivity index (χ0v) is 26.9. The number of hydrogen-bond acceptors (Lipinski definition) is 4. The summed E-state index contributed by atoms with van der Waals surface area (Å²) in [4.78, 5) is 15.0. The minimum atomic E-state index is 0.608. The largest absolute Gasteiger partial charge is 0.454 e. The van der Waals surface area contributed by atoms with Crippen molar-refractivity contribution >= 4 is 43.7 Å². The number of aromatic nitrogens is 4. The number of para-hydroxylation sites is 2. The van der Waals surface area contributed by atoms with E-state index in [0.717, 1.165) is 66.3 Å². The summed E-state index contributed by atoms with van der Waals surface area (Å²) in [6.07, 6.45) is 0. The van der Waals surface area contributed by atoms with Crippen molar-refractivity contribution in [3.63, 3.8) is 0 Å². The van der Waals surface area contributed by atoms with E-state index >= 15 is 0 Å². The molecular formula is C45H28N4O. The summed E-state index contributed by atoms with van der Waals surface area (Å²) in [5, 5.41) is 4.41. The second-order valence-corrected chi connectivity index (χ2v) is 12.5. The van der Waals surface area contributed by atoms with Crippen LogP contribution < -0.4 is 0 Å². The lowest BCUT2D eigenvalue weighted by atomic mass is 10.0. The van der Waals surface area contributed by atoms with E-state index in [9.17, 15) is 0 Å². The van der Waals surface area contributed by atoms with Gasteiger partial charge in [0.25, 0.3) is 0 Å². The first-order valence-electron chi connectivity index (χ1n) is 16.7. The third kappa shape index (κ3) is 4.60. The number of hydrogen-bond donors (Lipinski definition) is 0. The van der Waals surface area contributed by atoms with Gasteiger partial charge in [-0.25, -0.2) is 15.0 Å². The lowest BCUT2D eigenvalue weighted by molar-refractivity contribution is 0.671. The monoisotopic (exact) mass is 640 g/mol. The van der Waals surface area contributed by atoms with Gasteiger partial charge in [0.2, 0.25) is 0 Å². The predicted octanol–water partition coefficient (Wildman–Crippen LogP) is 11.5. The molecule has 0 aliphatic carbocycles. The summed E-state index contributed by atoms with van der Waals surface area (Å²) < 4.78 is 9.02. The van der Waals surface area contributed by atoms with Crippen LogP contribution in [0.4, 0.5) is 0 Å². The molecule has 0 radical (unpaired) electrons. The van der Waals surface area contributed by atoms with Gasteiger partial charge >= 0.3 is 0 Å². The average Bonchev–Trinajstić information content (AvgIpc) is 3.74. The molecule has 10 rings (SSSR count). The smallest absolute Gasteiger partial charge is 0.164 e. The number of nitrogens with zero attached hydrogens (tertiary/aromatic N) is 4. The maximum absolute atomic E-state index is 6.71. The van der Waals surface area contributed by atoms with Gasteiger partial charge in [-0.2, -0.15) is 0 Å². The Morgan fingerprint density at radius 1 is 0.380 bits per heavy atom. The Balaban J connectivity index is 1.15. The molecule has 0 saturated heterocycles. The molecule has 50 heavy (non-hydrogen) atoms. The molecule has 0 N–H and O–H groups in total. The Kier molecular flexibility index (Phi) is 6.42. The first-order valence-corrected chi connectivity index (χ1v) is 16.7. The fourth-order valence-corrected chi connectivity index (χ4v) is 7.06. The molecule has 0 saturated carbocycles. The van der Waals surface area contributed by atoms with E-state index in [4.69, 9.17) is 19.4 Å². The molecule has 0 unspecified atom stereocenters. The van der Waals surface area contributed by atoms with E-state index in [2.05, 4.69) is 120 Å². The molecule has 3 heterocycles. The predicted molar refractivity (Wildman–Crippen MR) is 203 cm³/mol. The minimum absolute atomic E-state index is 0.608. The van der Waals surface area contributed by atoms with Gasteiger partial charge < -0.3 is 8.98 Å². The van der Waals surface area contributed by atoms with Crippen LogP contribution in [-0.4, -0.2) is 19.5 Å². The number of rotatable bonds is 5. The highest BCUT2D eigenvalue weighted by Gasteiger charge is 2.20. The number of fused-ring (bicyclic) bond motifs is 7. The fraction of sp³-hybridized carbons (Fsp3) is 0. The van der Waals surface area contributed by atoms with Gasteiger partial charge in [0.1, 0.15) is 5.58 Å². The maximum Gasteiger partial charge on any atom is 0.164 e. The van der Waals surface area contributed by atoms with Crippen LogP contribution in [0.15, 0.2) is 174 Å². The Hall–Kier alpha value is -6.85. The second-order valence-electron chi connectivity index (χ2n) is 12.5. The van der Waals surface area contributed by atoms with Crippen LogP contribution in [0.5, 0.6) is 0 Å². The third-order valence-electron chi connectivity index (χ3n) is 9.46. The first kappa shape index (κ1) is 28.2. The van der Waals surface area contributed by atoms with Crippen molar-refractivity contribution in [1.82, 2.24) is 19.5 Å². The van der Waals surface area contributed by atoms with Gasteiger partial charge in [-0.05, 0) is 53.6 Å². The van der Waals surface area contributed by atoms with Gasteiger partial charge in [-0.3, -0.25) is 0 Å². The quantitative estimate of drug-likeness (QED) is 0.188. The SMILES string of the molecule is c1ccc(-c2ccc(-c3nc(-c4ccccc4)nc(-c4ccc5oc6c(ccc7c8ccccc8n(-c8ccccc8)c76)c5c4)n3)cc2)cc1. The molecule has 3 aromatic heterocycles. The van der Waals surface area contributed by atoms with E-state index in [0.29, 0.717) is 17.5 Å². The van der Waals surface area contributed by atoms with Crippen LogP contribution in [0, 0.1) is 0 Å². The van der Waals surface area contributed by atoms with Crippen LogP contribution in [-0.2, 0) is 0 Å². The molecule has 234 valence electrons. The average molecular weight is 641 g/mol. The lowest BCUT2D eigenvalue weighted by Gasteiger charge is -2.09. The number of furan rings is 1. The Bertz CT molecular complexity index is 2840. The van der Waals surface area contributed by atoms with Crippen LogP contribution in [0.2, 0.25) is 0 Å². The molecule has 0 amide bonds. The van der Waals surface area contributed by atoms with Gasteiger partial charge in [0, 0.05) is 43.9 Å². The fourth-order valence-electron chi connectivity index (χ4n) is 7.06. The normalized spacial score (nSPS) is 11.6. The number of benzene rings is 7. The highest BCUT2D eigenvalue weighted by Crippen LogP contribution is 2.41. The van der Waals surface area contributed by atoms with Gasteiger partial charge in [-0.15, -0.1) is 0 Å². The molecule has 5 heteroatoms. The van der Waals surface area contributed by atoms with Crippen molar-refractivity contribution in [2.24, 2.45) is 0 Å². The highest BCUT2D eigenvalue weighted by molar-refractivity contribution is 6.21. The van der Waals surface area contributed by atoms with Crippen LogP contribution >= 0.6 is 0 Å². The van der Waals surface area contributed by atoms with Crippen molar-refractivity contribution in [3.8, 4) is 51.0 Å². The Morgan fingerprint density at radius 2 is 0.900 bits per heavy atom. The van der Waals surface area contributed by atoms with Crippen molar-refractivity contribution in [3.05, 3.63) is 170 Å². The van der Waals surface area contributed by atoms with Crippen LogP contribution in [0.3, 0.4) is 0 Å². The van der Waals surface area contributed by atoms with E-state index in [-0.39, 0.29) is 0 Å². The van der Waals surface area contributed by atoms with Crippen molar-refractivity contribution in [2.75, 3.05) is 0 Å². The summed E-state index contributed by atoms with van der Waals surface area (Å²) in [6, 6.07) is 58.5. The molecule has 7 aromatic carbocycles. The summed E-state index contributed by atoms with van der Waals surface area (Å²) in [5.74, 6) is 1.86. The molecule has 0 fully saturated rings.